The van der Waals surface area contributed by atoms with Crippen molar-refractivity contribution >= 4 is 17.4 Å². The maximum absolute atomic E-state index is 12.2. The van der Waals surface area contributed by atoms with Crippen LogP contribution in [-0.2, 0) is 4.79 Å². The van der Waals surface area contributed by atoms with Crippen LogP contribution in [0.4, 0.5) is 5.69 Å². The van der Waals surface area contributed by atoms with E-state index < -0.39 is 0 Å². The lowest BCUT2D eigenvalue weighted by atomic mass is 9.97. The van der Waals surface area contributed by atoms with E-state index in [1.54, 1.807) is 18.2 Å². The van der Waals surface area contributed by atoms with E-state index in [1.807, 2.05) is 0 Å². The minimum Gasteiger partial charge on any atom is -0.482 e. The third-order valence-electron chi connectivity index (χ3n) is 3.57. The largest absolute Gasteiger partial charge is 0.482 e. The summed E-state index contributed by atoms with van der Waals surface area (Å²) in [6.45, 7) is 1.94. The van der Waals surface area contributed by atoms with Crippen LogP contribution in [0, 0.1) is 5.92 Å². The molecular weight excluding hydrogens is 244 g/mol. The number of carbonyl (C=O) groups excluding carboxylic acids is 2. The molecule has 1 fully saturated rings. The van der Waals surface area contributed by atoms with Crippen molar-refractivity contribution < 1.29 is 14.3 Å². The molecule has 0 aromatic heterocycles. The molecule has 2 N–H and O–H groups in total. The van der Waals surface area contributed by atoms with Crippen LogP contribution in [0.15, 0.2) is 18.2 Å². The van der Waals surface area contributed by atoms with E-state index in [4.69, 9.17) is 4.74 Å². The lowest BCUT2D eigenvalue weighted by molar-refractivity contribution is -0.118. The van der Waals surface area contributed by atoms with Crippen LogP contribution in [0.3, 0.4) is 0 Å². The minimum absolute atomic E-state index is 0.0358. The highest BCUT2D eigenvalue weighted by atomic mass is 16.5. The molecule has 3 rings (SSSR count). The first-order valence-corrected chi connectivity index (χ1v) is 6.53. The number of rotatable bonds is 3. The van der Waals surface area contributed by atoms with Crippen molar-refractivity contribution in [1.29, 1.82) is 0 Å². The number of fused-ring (bicyclic) bond motifs is 1. The Morgan fingerprint density at radius 1 is 1.42 bits per heavy atom. The fourth-order valence-corrected chi connectivity index (χ4v) is 2.53. The summed E-state index contributed by atoms with van der Waals surface area (Å²) in [4.78, 5) is 23.4. The number of carbonyl (C=O) groups is 2. The van der Waals surface area contributed by atoms with E-state index in [1.165, 1.54) is 0 Å². The molecule has 5 heteroatoms. The molecule has 5 nitrogen and oxygen atoms in total. The standard InChI is InChI=1S/C14H16N2O3/c17-12(5-9-3-4-15-7-9)10-1-2-13-11(6-10)16-14(18)8-19-13/h1-2,6,9,15H,3-5,7-8H2,(H,16,18). The summed E-state index contributed by atoms with van der Waals surface area (Å²) < 4.78 is 5.27. The van der Waals surface area contributed by atoms with Gasteiger partial charge in [-0.05, 0) is 43.6 Å². The van der Waals surface area contributed by atoms with Gasteiger partial charge in [-0.1, -0.05) is 0 Å². The second-order valence-electron chi connectivity index (χ2n) is 5.03. The predicted octanol–water partition coefficient (Wildman–Crippen LogP) is 1.20. The number of amides is 1. The van der Waals surface area contributed by atoms with Crippen molar-refractivity contribution in [3.63, 3.8) is 0 Å². The Balaban J connectivity index is 1.75. The molecule has 0 spiro atoms. The normalized spacial score (nSPS) is 21.5. The Hall–Kier alpha value is -1.88. The second kappa shape index (κ2) is 5.01. The highest BCUT2D eigenvalue weighted by molar-refractivity contribution is 6.00. The molecular formula is C14H16N2O3. The summed E-state index contributed by atoms with van der Waals surface area (Å²) in [5, 5.41) is 5.98. The molecule has 1 aromatic carbocycles. The summed E-state index contributed by atoms with van der Waals surface area (Å²) >= 11 is 0. The zero-order valence-corrected chi connectivity index (χ0v) is 10.6. The average Bonchev–Trinajstić information content (AvgIpc) is 2.90. The zero-order chi connectivity index (χ0) is 13.2. The Kier molecular flexibility index (Phi) is 3.21. The summed E-state index contributed by atoms with van der Waals surface area (Å²) in [5.41, 5.74) is 1.23. The summed E-state index contributed by atoms with van der Waals surface area (Å²) in [6, 6.07) is 5.22. The third kappa shape index (κ3) is 2.61. The van der Waals surface area contributed by atoms with Gasteiger partial charge in [-0.15, -0.1) is 0 Å². The van der Waals surface area contributed by atoms with E-state index in [0.717, 1.165) is 19.5 Å². The maximum Gasteiger partial charge on any atom is 0.262 e. The lowest BCUT2D eigenvalue weighted by Gasteiger charge is -2.18. The van der Waals surface area contributed by atoms with Crippen molar-refractivity contribution in [1.82, 2.24) is 5.32 Å². The quantitative estimate of drug-likeness (QED) is 0.801. The topological polar surface area (TPSA) is 67.4 Å². The summed E-state index contributed by atoms with van der Waals surface area (Å²) in [6.07, 6.45) is 1.61. The van der Waals surface area contributed by atoms with E-state index in [-0.39, 0.29) is 18.3 Å². The number of benzene rings is 1. The van der Waals surface area contributed by atoms with Crippen LogP contribution in [0.1, 0.15) is 23.2 Å². The molecule has 100 valence electrons. The summed E-state index contributed by atoms with van der Waals surface area (Å²) in [5.74, 6) is 0.987. The van der Waals surface area contributed by atoms with Gasteiger partial charge in [0.1, 0.15) is 5.75 Å². The van der Waals surface area contributed by atoms with Crippen LogP contribution in [0.2, 0.25) is 0 Å². The SMILES string of the molecule is O=C1COc2ccc(C(=O)CC3CCNC3)cc2N1. The van der Waals surface area contributed by atoms with Gasteiger partial charge in [-0.3, -0.25) is 9.59 Å². The summed E-state index contributed by atoms with van der Waals surface area (Å²) in [7, 11) is 0. The molecule has 1 saturated heterocycles. The molecule has 0 aliphatic carbocycles. The van der Waals surface area contributed by atoms with E-state index >= 15 is 0 Å². The van der Waals surface area contributed by atoms with Crippen LogP contribution in [-0.4, -0.2) is 31.4 Å². The van der Waals surface area contributed by atoms with Crippen molar-refractivity contribution in [2.75, 3.05) is 25.0 Å². The maximum atomic E-state index is 12.2. The first-order chi connectivity index (χ1) is 9.22. The van der Waals surface area contributed by atoms with Gasteiger partial charge in [0.15, 0.2) is 12.4 Å². The number of ether oxygens (including phenoxy) is 1. The molecule has 1 unspecified atom stereocenters. The predicted molar refractivity (Wildman–Crippen MR) is 70.5 cm³/mol. The van der Waals surface area contributed by atoms with Gasteiger partial charge < -0.3 is 15.4 Å². The Morgan fingerprint density at radius 3 is 3.11 bits per heavy atom. The monoisotopic (exact) mass is 260 g/mol. The Morgan fingerprint density at radius 2 is 2.32 bits per heavy atom. The van der Waals surface area contributed by atoms with Gasteiger partial charge in [-0.25, -0.2) is 0 Å². The van der Waals surface area contributed by atoms with Gasteiger partial charge in [0.25, 0.3) is 5.91 Å². The van der Waals surface area contributed by atoms with Crippen LogP contribution in [0.5, 0.6) is 5.75 Å². The molecule has 2 heterocycles. The van der Waals surface area contributed by atoms with Crippen LogP contribution < -0.4 is 15.4 Å². The number of hydrogen-bond acceptors (Lipinski definition) is 4. The lowest BCUT2D eigenvalue weighted by Crippen LogP contribution is -2.25. The fraction of sp³-hybridized carbons (Fsp3) is 0.429. The third-order valence-corrected chi connectivity index (χ3v) is 3.57. The number of nitrogens with one attached hydrogen (secondary N) is 2. The van der Waals surface area contributed by atoms with Crippen molar-refractivity contribution in [3.8, 4) is 5.75 Å². The second-order valence-corrected chi connectivity index (χ2v) is 5.03. The van der Waals surface area contributed by atoms with Gasteiger partial charge in [0.05, 0.1) is 5.69 Å². The van der Waals surface area contributed by atoms with Crippen molar-refractivity contribution in [2.24, 2.45) is 5.92 Å². The molecule has 1 amide bonds. The average molecular weight is 260 g/mol. The number of hydrogen-bond donors (Lipinski definition) is 2. The van der Waals surface area contributed by atoms with E-state index in [9.17, 15) is 9.59 Å². The highest BCUT2D eigenvalue weighted by Crippen LogP contribution is 2.29. The molecule has 0 radical (unpaired) electrons. The molecule has 1 atom stereocenters. The van der Waals surface area contributed by atoms with Crippen molar-refractivity contribution in [3.05, 3.63) is 23.8 Å². The van der Waals surface area contributed by atoms with Crippen LogP contribution >= 0.6 is 0 Å². The van der Waals surface area contributed by atoms with E-state index in [2.05, 4.69) is 10.6 Å². The Bertz CT molecular complexity index is 521. The molecule has 1 aromatic rings. The fourth-order valence-electron chi connectivity index (χ4n) is 2.53. The first-order valence-electron chi connectivity index (χ1n) is 6.53. The number of ketones is 1. The highest BCUT2D eigenvalue weighted by Gasteiger charge is 2.21. The zero-order valence-electron chi connectivity index (χ0n) is 10.6. The number of Topliss-reactive ketones (excluding diaryl/α,β-unsaturated/α-hetero) is 1. The van der Waals surface area contributed by atoms with Gasteiger partial charge in [0, 0.05) is 12.0 Å². The van der Waals surface area contributed by atoms with Gasteiger partial charge in [-0.2, -0.15) is 0 Å². The molecule has 19 heavy (non-hydrogen) atoms. The molecule has 0 bridgehead atoms. The number of anilines is 1. The molecule has 2 aliphatic rings. The van der Waals surface area contributed by atoms with Gasteiger partial charge >= 0.3 is 0 Å². The minimum atomic E-state index is -0.183. The smallest absolute Gasteiger partial charge is 0.262 e. The van der Waals surface area contributed by atoms with Crippen LogP contribution in [0.25, 0.3) is 0 Å². The first kappa shape index (κ1) is 12.2. The van der Waals surface area contributed by atoms with Crippen molar-refractivity contribution in [2.45, 2.75) is 12.8 Å². The molecule has 2 aliphatic heterocycles. The van der Waals surface area contributed by atoms with Gasteiger partial charge in [0.2, 0.25) is 0 Å². The van der Waals surface area contributed by atoms with E-state index in [0.29, 0.717) is 29.3 Å². The Labute approximate surface area is 111 Å². The molecule has 0 saturated carbocycles.